The van der Waals surface area contributed by atoms with Crippen molar-refractivity contribution in [2.24, 2.45) is 0 Å². The van der Waals surface area contributed by atoms with Gasteiger partial charge in [0.1, 0.15) is 5.76 Å². The lowest BCUT2D eigenvalue weighted by Crippen LogP contribution is -1.94. The summed E-state index contributed by atoms with van der Waals surface area (Å²) in [5.74, 6) is 1.36. The molecule has 0 aliphatic carbocycles. The lowest BCUT2D eigenvalue weighted by molar-refractivity contribution is 0.277. The predicted molar refractivity (Wildman–Crippen MR) is 50.4 cm³/mol. The Balaban J connectivity index is 2.47. The van der Waals surface area contributed by atoms with Crippen LogP contribution in [-0.4, -0.2) is 15.1 Å². The van der Waals surface area contributed by atoms with Crippen LogP contribution in [-0.2, 0) is 6.61 Å². The van der Waals surface area contributed by atoms with Gasteiger partial charge in [-0.25, -0.2) is 9.97 Å². The van der Waals surface area contributed by atoms with Crippen molar-refractivity contribution in [1.29, 1.82) is 0 Å². The minimum atomic E-state index is -0.0770. The molecule has 0 unspecified atom stereocenters. The minimum Gasteiger partial charge on any atom is -0.469 e. The average molecular weight is 190 g/mol. The van der Waals surface area contributed by atoms with Gasteiger partial charge in [0.25, 0.3) is 0 Å². The van der Waals surface area contributed by atoms with Crippen molar-refractivity contribution in [3.63, 3.8) is 0 Å². The topological polar surface area (TPSA) is 59.2 Å². The normalized spacial score (nSPS) is 10.4. The molecule has 2 heterocycles. The molecule has 4 heteroatoms. The number of furan rings is 1. The molecular weight excluding hydrogens is 180 g/mol. The summed E-state index contributed by atoms with van der Waals surface area (Å²) >= 11 is 0. The molecule has 72 valence electrons. The second-order valence-corrected chi connectivity index (χ2v) is 2.92. The maximum Gasteiger partial charge on any atom is 0.162 e. The van der Waals surface area contributed by atoms with E-state index in [1.807, 2.05) is 13.0 Å². The van der Waals surface area contributed by atoms with E-state index in [1.54, 1.807) is 18.5 Å². The van der Waals surface area contributed by atoms with Crippen LogP contribution in [0.25, 0.3) is 11.4 Å². The third-order valence-corrected chi connectivity index (χ3v) is 1.97. The van der Waals surface area contributed by atoms with E-state index in [0.29, 0.717) is 11.5 Å². The zero-order valence-electron chi connectivity index (χ0n) is 7.77. The molecule has 0 aliphatic rings. The SMILES string of the molecule is Cc1occc1-c1nccc(CO)n1. The third-order valence-electron chi connectivity index (χ3n) is 1.97. The van der Waals surface area contributed by atoms with E-state index in [9.17, 15) is 0 Å². The summed E-state index contributed by atoms with van der Waals surface area (Å²) in [6, 6.07) is 3.49. The quantitative estimate of drug-likeness (QED) is 0.780. The Labute approximate surface area is 81.2 Å². The monoisotopic (exact) mass is 190 g/mol. The lowest BCUT2D eigenvalue weighted by atomic mass is 10.2. The highest BCUT2D eigenvalue weighted by atomic mass is 16.3. The number of nitrogens with zero attached hydrogens (tertiary/aromatic N) is 2. The van der Waals surface area contributed by atoms with Crippen molar-refractivity contribution in [3.8, 4) is 11.4 Å². The largest absolute Gasteiger partial charge is 0.469 e. The van der Waals surface area contributed by atoms with Crippen LogP contribution < -0.4 is 0 Å². The fourth-order valence-corrected chi connectivity index (χ4v) is 1.23. The van der Waals surface area contributed by atoms with Gasteiger partial charge in [0.2, 0.25) is 0 Å². The van der Waals surface area contributed by atoms with Gasteiger partial charge in [0, 0.05) is 6.20 Å². The first-order chi connectivity index (χ1) is 6.81. The van der Waals surface area contributed by atoms with E-state index in [0.717, 1.165) is 11.3 Å². The second kappa shape index (κ2) is 3.59. The van der Waals surface area contributed by atoms with Crippen LogP contribution in [0, 0.1) is 6.92 Å². The summed E-state index contributed by atoms with van der Waals surface area (Å²) in [5, 5.41) is 8.92. The van der Waals surface area contributed by atoms with Gasteiger partial charge in [-0.05, 0) is 19.1 Å². The van der Waals surface area contributed by atoms with Gasteiger partial charge >= 0.3 is 0 Å². The first-order valence-electron chi connectivity index (χ1n) is 4.28. The average Bonchev–Trinajstić information content (AvgIpc) is 2.65. The zero-order valence-corrected chi connectivity index (χ0v) is 7.77. The summed E-state index contributed by atoms with van der Waals surface area (Å²) in [4.78, 5) is 8.28. The maximum absolute atomic E-state index is 8.92. The molecule has 14 heavy (non-hydrogen) atoms. The predicted octanol–water partition coefficient (Wildman–Crippen LogP) is 1.54. The second-order valence-electron chi connectivity index (χ2n) is 2.92. The Morgan fingerprint density at radius 2 is 2.29 bits per heavy atom. The van der Waals surface area contributed by atoms with Crippen molar-refractivity contribution in [1.82, 2.24) is 9.97 Å². The molecule has 1 N–H and O–H groups in total. The molecule has 0 fully saturated rings. The van der Waals surface area contributed by atoms with E-state index in [2.05, 4.69) is 9.97 Å². The van der Waals surface area contributed by atoms with Gasteiger partial charge in [-0.15, -0.1) is 0 Å². The van der Waals surface area contributed by atoms with Crippen molar-refractivity contribution in [3.05, 3.63) is 36.0 Å². The lowest BCUT2D eigenvalue weighted by Gasteiger charge is -1.99. The van der Waals surface area contributed by atoms with Crippen LogP contribution in [0.15, 0.2) is 29.0 Å². The number of aliphatic hydroxyl groups excluding tert-OH is 1. The molecule has 0 radical (unpaired) electrons. The van der Waals surface area contributed by atoms with Gasteiger partial charge in [0.05, 0.1) is 24.1 Å². The van der Waals surface area contributed by atoms with Crippen molar-refractivity contribution >= 4 is 0 Å². The summed E-state index contributed by atoms with van der Waals surface area (Å²) in [6.45, 7) is 1.77. The number of hydrogen-bond donors (Lipinski definition) is 1. The fourth-order valence-electron chi connectivity index (χ4n) is 1.23. The fraction of sp³-hybridized carbons (Fsp3) is 0.200. The third kappa shape index (κ3) is 1.52. The van der Waals surface area contributed by atoms with Crippen LogP contribution in [0.3, 0.4) is 0 Å². The molecular formula is C10H10N2O2. The van der Waals surface area contributed by atoms with E-state index < -0.39 is 0 Å². The van der Waals surface area contributed by atoms with Crippen LogP contribution in [0.4, 0.5) is 0 Å². The number of rotatable bonds is 2. The minimum absolute atomic E-state index is 0.0770. The highest BCUT2D eigenvalue weighted by Crippen LogP contribution is 2.20. The van der Waals surface area contributed by atoms with Gasteiger partial charge in [-0.3, -0.25) is 0 Å². The standard InChI is InChI=1S/C10H10N2O2/c1-7-9(3-5-14-7)10-11-4-2-8(6-13)12-10/h2-5,13H,6H2,1H3. The van der Waals surface area contributed by atoms with Crippen LogP contribution in [0.2, 0.25) is 0 Å². The van der Waals surface area contributed by atoms with E-state index in [1.165, 1.54) is 0 Å². The number of aryl methyl sites for hydroxylation is 1. The van der Waals surface area contributed by atoms with E-state index in [4.69, 9.17) is 9.52 Å². The summed E-state index contributed by atoms with van der Waals surface area (Å²) in [6.07, 6.45) is 3.22. The Bertz CT molecular complexity index is 437. The van der Waals surface area contributed by atoms with Gasteiger partial charge in [-0.2, -0.15) is 0 Å². The zero-order chi connectivity index (χ0) is 9.97. The smallest absolute Gasteiger partial charge is 0.162 e. The number of hydrogen-bond acceptors (Lipinski definition) is 4. The molecule has 0 saturated carbocycles. The Morgan fingerprint density at radius 1 is 1.43 bits per heavy atom. The highest BCUT2D eigenvalue weighted by molar-refractivity contribution is 5.56. The molecule has 0 amide bonds. The summed E-state index contributed by atoms with van der Waals surface area (Å²) < 4.78 is 5.15. The Morgan fingerprint density at radius 3 is 2.93 bits per heavy atom. The van der Waals surface area contributed by atoms with Gasteiger partial charge in [-0.1, -0.05) is 0 Å². The Hall–Kier alpha value is -1.68. The molecule has 0 bridgehead atoms. The molecule has 4 nitrogen and oxygen atoms in total. The van der Waals surface area contributed by atoms with Crippen molar-refractivity contribution in [2.45, 2.75) is 13.5 Å². The molecule has 0 saturated heterocycles. The number of aliphatic hydroxyl groups is 1. The molecule has 2 rings (SSSR count). The van der Waals surface area contributed by atoms with Crippen LogP contribution >= 0.6 is 0 Å². The molecule has 0 spiro atoms. The summed E-state index contributed by atoms with van der Waals surface area (Å²) in [5.41, 5.74) is 1.47. The van der Waals surface area contributed by atoms with Crippen LogP contribution in [0.1, 0.15) is 11.5 Å². The van der Waals surface area contributed by atoms with Gasteiger partial charge < -0.3 is 9.52 Å². The van der Waals surface area contributed by atoms with Gasteiger partial charge in [0.15, 0.2) is 5.82 Å². The number of aromatic nitrogens is 2. The van der Waals surface area contributed by atoms with Crippen LogP contribution in [0.5, 0.6) is 0 Å². The Kier molecular flexibility index (Phi) is 2.28. The summed E-state index contributed by atoms with van der Waals surface area (Å²) in [7, 11) is 0. The molecule has 2 aromatic rings. The van der Waals surface area contributed by atoms with Crippen molar-refractivity contribution in [2.75, 3.05) is 0 Å². The molecule has 0 atom stereocenters. The molecule has 0 aliphatic heterocycles. The van der Waals surface area contributed by atoms with E-state index >= 15 is 0 Å². The maximum atomic E-state index is 8.92. The highest BCUT2D eigenvalue weighted by Gasteiger charge is 2.07. The molecule has 2 aromatic heterocycles. The van der Waals surface area contributed by atoms with Crippen molar-refractivity contribution < 1.29 is 9.52 Å². The first kappa shape index (κ1) is 8.90. The molecule has 0 aromatic carbocycles. The van der Waals surface area contributed by atoms with E-state index in [-0.39, 0.29) is 6.61 Å². The first-order valence-corrected chi connectivity index (χ1v) is 4.28.